The van der Waals surface area contributed by atoms with E-state index in [1.807, 2.05) is 0 Å². The second-order valence-electron chi connectivity index (χ2n) is 5.98. The number of nitrogens with two attached hydrogens (primary N) is 1. The molecule has 1 fully saturated rings. The predicted octanol–water partition coefficient (Wildman–Crippen LogP) is 3.05. The van der Waals surface area contributed by atoms with Gasteiger partial charge in [-0.3, -0.25) is 0 Å². The molecule has 112 valence electrons. The van der Waals surface area contributed by atoms with Gasteiger partial charge in [-0.05, 0) is 64.7 Å². The van der Waals surface area contributed by atoms with Crippen LogP contribution in [0, 0.1) is 18.3 Å². The van der Waals surface area contributed by atoms with Crippen molar-refractivity contribution in [2.24, 2.45) is 11.3 Å². The Bertz CT molecular complexity index is 622. The summed E-state index contributed by atoms with van der Waals surface area (Å²) in [5.41, 5.74) is 7.05. The first-order chi connectivity index (χ1) is 9.18. The summed E-state index contributed by atoms with van der Waals surface area (Å²) in [6.07, 6.45) is 2.18. The average molecular weight is 361 g/mol. The van der Waals surface area contributed by atoms with Crippen molar-refractivity contribution in [3.8, 4) is 0 Å². The SMILES string of the molecule is Cc1cc(Br)c(N)cc1S(=O)(=O)NCC1(C(C)C)CC1. The molecular formula is C14H21BrN2O2S. The van der Waals surface area contributed by atoms with Crippen molar-refractivity contribution in [3.63, 3.8) is 0 Å². The van der Waals surface area contributed by atoms with Gasteiger partial charge in [-0.1, -0.05) is 13.8 Å². The summed E-state index contributed by atoms with van der Waals surface area (Å²) in [7, 11) is -3.51. The van der Waals surface area contributed by atoms with E-state index in [2.05, 4.69) is 34.5 Å². The first-order valence-electron chi connectivity index (χ1n) is 6.73. The predicted molar refractivity (Wildman–Crippen MR) is 85.0 cm³/mol. The van der Waals surface area contributed by atoms with Crippen molar-refractivity contribution in [3.05, 3.63) is 22.2 Å². The van der Waals surface area contributed by atoms with Crippen molar-refractivity contribution < 1.29 is 8.42 Å². The lowest BCUT2D eigenvalue weighted by molar-refractivity contribution is 0.357. The molecule has 0 spiro atoms. The highest BCUT2D eigenvalue weighted by molar-refractivity contribution is 9.10. The van der Waals surface area contributed by atoms with Gasteiger partial charge >= 0.3 is 0 Å². The Hall–Kier alpha value is -0.590. The van der Waals surface area contributed by atoms with Gasteiger partial charge in [0.1, 0.15) is 0 Å². The van der Waals surface area contributed by atoms with E-state index < -0.39 is 10.0 Å². The number of nitrogens with one attached hydrogen (secondary N) is 1. The molecule has 0 heterocycles. The Labute approximate surface area is 129 Å². The van der Waals surface area contributed by atoms with Gasteiger partial charge in [0.25, 0.3) is 0 Å². The fourth-order valence-corrected chi connectivity index (χ4v) is 4.25. The molecule has 4 nitrogen and oxygen atoms in total. The quantitative estimate of drug-likeness (QED) is 0.792. The van der Waals surface area contributed by atoms with E-state index in [0.29, 0.717) is 23.7 Å². The zero-order valence-electron chi connectivity index (χ0n) is 12.0. The lowest BCUT2D eigenvalue weighted by Gasteiger charge is -2.20. The summed E-state index contributed by atoms with van der Waals surface area (Å²) >= 11 is 3.31. The molecule has 20 heavy (non-hydrogen) atoms. The van der Waals surface area contributed by atoms with E-state index in [9.17, 15) is 8.42 Å². The molecule has 0 unspecified atom stereocenters. The topological polar surface area (TPSA) is 72.2 Å². The maximum Gasteiger partial charge on any atom is 0.240 e. The minimum absolute atomic E-state index is 0.141. The zero-order chi connectivity index (χ0) is 15.1. The number of hydrogen-bond acceptors (Lipinski definition) is 3. The summed E-state index contributed by atoms with van der Waals surface area (Å²) in [6.45, 7) is 6.56. The number of anilines is 1. The third-order valence-corrected chi connectivity index (χ3v) is 6.54. The largest absolute Gasteiger partial charge is 0.398 e. The molecule has 0 bridgehead atoms. The van der Waals surface area contributed by atoms with Gasteiger partial charge in [-0.2, -0.15) is 0 Å². The zero-order valence-corrected chi connectivity index (χ0v) is 14.4. The number of aryl methyl sites for hydroxylation is 1. The normalized spacial score (nSPS) is 17.4. The van der Waals surface area contributed by atoms with Crippen LogP contribution in [0.4, 0.5) is 5.69 Å². The number of hydrogen-bond donors (Lipinski definition) is 2. The van der Waals surface area contributed by atoms with Gasteiger partial charge in [0.2, 0.25) is 10.0 Å². The highest BCUT2D eigenvalue weighted by Crippen LogP contribution is 2.51. The number of rotatable bonds is 5. The molecule has 3 N–H and O–H groups in total. The molecule has 0 aromatic heterocycles. The van der Waals surface area contributed by atoms with Crippen molar-refractivity contribution in [2.45, 2.75) is 38.5 Å². The molecule has 0 amide bonds. The van der Waals surface area contributed by atoms with Gasteiger partial charge < -0.3 is 5.73 Å². The van der Waals surface area contributed by atoms with Crippen molar-refractivity contribution in [1.82, 2.24) is 4.72 Å². The average Bonchev–Trinajstić information content (AvgIpc) is 3.12. The van der Waals surface area contributed by atoms with Gasteiger partial charge in [-0.25, -0.2) is 13.1 Å². The number of benzene rings is 1. The van der Waals surface area contributed by atoms with Gasteiger partial charge in [0.15, 0.2) is 0 Å². The fraction of sp³-hybridized carbons (Fsp3) is 0.571. The minimum atomic E-state index is -3.51. The molecule has 0 saturated heterocycles. The van der Waals surface area contributed by atoms with E-state index in [-0.39, 0.29) is 10.3 Å². The van der Waals surface area contributed by atoms with E-state index in [4.69, 9.17) is 5.73 Å². The van der Waals surface area contributed by atoms with Crippen LogP contribution in [0.25, 0.3) is 0 Å². The number of sulfonamides is 1. The van der Waals surface area contributed by atoms with Gasteiger partial charge in [0, 0.05) is 16.7 Å². The standard InChI is InChI=1S/C14H21BrN2O2S/c1-9(2)14(4-5-14)8-17-20(18,19)13-7-12(16)11(15)6-10(13)3/h6-7,9,17H,4-5,8,16H2,1-3H3. The molecule has 1 aliphatic carbocycles. The summed E-state index contributed by atoms with van der Waals surface area (Å²) in [4.78, 5) is 0.262. The van der Waals surface area contributed by atoms with Gasteiger partial charge in [-0.15, -0.1) is 0 Å². The second-order valence-corrected chi connectivity index (χ2v) is 8.57. The molecule has 0 aliphatic heterocycles. The van der Waals surface area contributed by atoms with Crippen LogP contribution in [0.2, 0.25) is 0 Å². The third-order valence-electron chi connectivity index (χ3n) is 4.31. The molecular weight excluding hydrogens is 340 g/mol. The number of halogens is 1. The van der Waals surface area contributed by atoms with Crippen molar-refractivity contribution in [2.75, 3.05) is 12.3 Å². The third kappa shape index (κ3) is 3.02. The molecule has 1 aliphatic rings. The molecule has 1 aromatic carbocycles. The Kier molecular flexibility index (Phi) is 4.19. The summed E-state index contributed by atoms with van der Waals surface area (Å²) < 4.78 is 28.3. The second kappa shape index (κ2) is 5.31. The Balaban J connectivity index is 2.21. The molecule has 0 atom stereocenters. The van der Waals surface area contributed by atoms with E-state index >= 15 is 0 Å². The summed E-state index contributed by atoms with van der Waals surface area (Å²) in [5, 5.41) is 0. The Morgan fingerprint density at radius 1 is 1.40 bits per heavy atom. The van der Waals surface area contributed by atoms with Crippen LogP contribution in [0.15, 0.2) is 21.5 Å². The lowest BCUT2D eigenvalue weighted by atomic mass is 9.93. The maximum absolute atomic E-state index is 12.4. The van der Waals surface area contributed by atoms with Crippen LogP contribution >= 0.6 is 15.9 Å². The monoisotopic (exact) mass is 360 g/mol. The maximum atomic E-state index is 12.4. The highest BCUT2D eigenvalue weighted by Gasteiger charge is 2.45. The minimum Gasteiger partial charge on any atom is -0.398 e. The van der Waals surface area contributed by atoms with E-state index in [0.717, 1.165) is 17.3 Å². The number of nitrogen functional groups attached to an aromatic ring is 1. The van der Waals surface area contributed by atoms with Crippen LogP contribution in [-0.2, 0) is 10.0 Å². The van der Waals surface area contributed by atoms with E-state index in [1.54, 1.807) is 13.0 Å². The Morgan fingerprint density at radius 2 is 2.00 bits per heavy atom. The van der Waals surface area contributed by atoms with Crippen molar-refractivity contribution in [1.29, 1.82) is 0 Å². The molecule has 1 saturated carbocycles. The smallest absolute Gasteiger partial charge is 0.240 e. The highest BCUT2D eigenvalue weighted by atomic mass is 79.9. The van der Waals surface area contributed by atoms with E-state index in [1.165, 1.54) is 6.07 Å². The molecule has 0 radical (unpaired) electrons. The Morgan fingerprint density at radius 3 is 2.50 bits per heavy atom. The molecule has 1 aromatic rings. The van der Waals surface area contributed by atoms with Crippen LogP contribution < -0.4 is 10.5 Å². The van der Waals surface area contributed by atoms with Crippen LogP contribution in [0.3, 0.4) is 0 Å². The van der Waals surface area contributed by atoms with Crippen LogP contribution in [0.1, 0.15) is 32.3 Å². The summed E-state index contributed by atoms with van der Waals surface area (Å²) in [6, 6.07) is 3.25. The van der Waals surface area contributed by atoms with Crippen LogP contribution in [0.5, 0.6) is 0 Å². The van der Waals surface area contributed by atoms with Crippen molar-refractivity contribution >= 4 is 31.6 Å². The fourth-order valence-electron chi connectivity index (χ4n) is 2.39. The molecule has 6 heteroatoms. The van der Waals surface area contributed by atoms with Gasteiger partial charge in [0.05, 0.1) is 4.90 Å². The first kappa shape index (κ1) is 15.8. The molecule has 2 rings (SSSR count). The first-order valence-corrected chi connectivity index (χ1v) is 9.01. The van der Waals surface area contributed by atoms with Crippen LogP contribution in [-0.4, -0.2) is 15.0 Å². The lowest BCUT2D eigenvalue weighted by Crippen LogP contribution is -2.33. The summed E-state index contributed by atoms with van der Waals surface area (Å²) in [5.74, 6) is 0.487.